The van der Waals surface area contributed by atoms with E-state index in [2.05, 4.69) is 0 Å². The van der Waals surface area contributed by atoms with Gasteiger partial charge in [-0.3, -0.25) is 9.59 Å². The number of aliphatic carboxylic acids is 1. The molecule has 0 unspecified atom stereocenters. The van der Waals surface area contributed by atoms with Crippen LogP contribution in [0.25, 0.3) is 0 Å². The second-order valence-corrected chi connectivity index (χ2v) is 5.68. The van der Waals surface area contributed by atoms with Crippen LogP contribution in [0.15, 0.2) is 30.3 Å². The third-order valence-electron chi connectivity index (χ3n) is 3.94. The zero-order valence-corrected chi connectivity index (χ0v) is 12.0. The van der Waals surface area contributed by atoms with E-state index in [1.807, 2.05) is 44.2 Å². The molecule has 1 aliphatic rings. The number of hydrogen-bond acceptors (Lipinski definition) is 2. The van der Waals surface area contributed by atoms with Gasteiger partial charge in [0.2, 0.25) is 5.91 Å². The van der Waals surface area contributed by atoms with Crippen LogP contribution in [0.4, 0.5) is 0 Å². The van der Waals surface area contributed by atoms with Crippen molar-refractivity contribution >= 4 is 11.9 Å². The fourth-order valence-corrected chi connectivity index (χ4v) is 2.59. The third kappa shape index (κ3) is 2.84. The number of carboxylic acid groups (broad SMARTS) is 1. The summed E-state index contributed by atoms with van der Waals surface area (Å²) in [5.74, 6) is -0.798. The number of rotatable bonds is 6. The second kappa shape index (κ2) is 5.65. The van der Waals surface area contributed by atoms with Crippen LogP contribution < -0.4 is 0 Å². The highest BCUT2D eigenvalue weighted by Gasteiger charge is 2.53. The molecule has 108 valence electrons. The minimum Gasteiger partial charge on any atom is -0.481 e. The summed E-state index contributed by atoms with van der Waals surface area (Å²) >= 11 is 0. The highest BCUT2D eigenvalue weighted by atomic mass is 16.4. The quantitative estimate of drug-likeness (QED) is 0.867. The van der Waals surface area contributed by atoms with Gasteiger partial charge in [-0.1, -0.05) is 30.3 Å². The van der Waals surface area contributed by atoms with Crippen molar-refractivity contribution in [1.29, 1.82) is 0 Å². The Bertz CT molecular complexity index is 492. The molecule has 0 aliphatic heterocycles. The summed E-state index contributed by atoms with van der Waals surface area (Å²) in [5.41, 5.74) is 0.635. The average Bonchev–Trinajstić information content (AvgIpc) is 3.20. The topological polar surface area (TPSA) is 57.6 Å². The first-order chi connectivity index (χ1) is 9.47. The molecule has 0 heterocycles. The van der Waals surface area contributed by atoms with Crippen molar-refractivity contribution in [2.24, 2.45) is 0 Å². The van der Waals surface area contributed by atoms with Gasteiger partial charge in [0, 0.05) is 12.6 Å². The van der Waals surface area contributed by atoms with Crippen LogP contribution in [0.5, 0.6) is 0 Å². The first kappa shape index (κ1) is 14.6. The molecular weight excluding hydrogens is 254 g/mol. The molecule has 0 spiro atoms. The zero-order chi connectivity index (χ0) is 14.8. The molecule has 20 heavy (non-hydrogen) atoms. The van der Waals surface area contributed by atoms with Crippen LogP contribution >= 0.6 is 0 Å². The minimum atomic E-state index is -0.868. The van der Waals surface area contributed by atoms with Crippen LogP contribution in [0.1, 0.15) is 38.7 Å². The van der Waals surface area contributed by atoms with E-state index < -0.39 is 11.4 Å². The molecule has 0 saturated heterocycles. The van der Waals surface area contributed by atoms with Gasteiger partial charge < -0.3 is 10.0 Å². The predicted octanol–water partition coefficient (Wildman–Crippen LogP) is 2.43. The van der Waals surface area contributed by atoms with Gasteiger partial charge in [0.1, 0.15) is 0 Å². The number of hydrogen-bond donors (Lipinski definition) is 1. The normalized spacial score (nSPS) is 15.9. The molecule has 1 saturated carbocycles. The van der Waals surface area contributed by atoms with E-state index in [4.69, 9.17) is 5.11 Å². The third-order valence-corrected chi connectivity index (χ3v) is 3.94. The maximum Gasteiger partial charge on any atom is 0.305 e. The Hall–Kier alpha value is -1.84. The lowest BCUT2D eigenvalue weighted by atomic mass is 9.93. The number of carboxylic acids is 1. The van der Waals surface area contributed by atoms with Crippen LogP contribution in [-0.2, 0) is 15.0 Å². The predicted molar refractivity (Wildman–Crippen MR) is 76.5 cm³/mol. The summed E-state index contributed by atoms with van der Waals surface area (Å²) in [4.78, 5) is 25.3. The van der Waals surface area contributed by atoms with Gasteiger partial charge in [-0.2, -0.15) is 0 Å². The van der Waals surface area contributed by atoms with E-state index in [1.165, 1.54) is 0 Å². The van der Waals surface area contributed by atoms with Crippen LogP contribution in [0, 0.1) is 0 Å². The summed E-state index contributed by atoms with van der Waals surface area (Å²) < 4.78 is 0. The highest BCUT2D eigenvalue weighted by Crippen LogP contribution is 2.49. The van der Waals surface area contributed by atoms with Gasteiger partial charge in [0.05, 0.1) is 11.8 Å². The monoisotopic (exact) mass is 275 g/mol. The summed E-state index contributed by atoms with van der Waals surface area (Å²) in [7, 11) is 0. The van der Waals surface area contributed by atoms with Gasteiger partial charge in [-0.05, 0) is 32.3 Å². The first-order valence-corrected chi connectivity index (χ1v) is 7.06. The Kier molecular flexibility index (Phi) is 4.12. The lowest BCUT2D eigenvalue weighted by Crippen LogP contribution is -2.44. The fourth-order valence-electron chi connectivity index (χ4n) is 2.59. The molecule has 2 rings (SSSR count). The van der Waals surface area contributed by atoms with Gasteiger partial charge in [-0.15, -0.1) is 0 Å². The molecule has 1 amide bonds. The molecule has 0 aromatic heterocycles. The zero-order valence-electron chi connectivity index (χ0n) is 12.0. The molecule has 0 bridgehead atoms. The van der Waals surface area contributed by atoms with Crippen LogP contribution in [0.2, 0.25) is 0 Å². The van der Waals surface area contributed by atoms with Crippen LogP contribution in [-0.4, -0.2) is 34.5 Å². The van der Waals surface area contributed by atoms with Crippen molar-refractivity contribution in [2.45, 2.75) is 44.6 Å². The van der Waals surface area contributed by atoms with Crippen molar-refractivity contribution in [3.05, 3.63) is 35.9 Å². The van der Waals surface area contributed by atoms with Gasteiger partial charge in [-0.25, -0.2) is 0 Å². The maximum absolute atomic E-state index is 12.8. The number of benzene rings is 1. The lowest BCUT2D eigenvalue weighted by Gasteiger charge is -2.30. The Labute approximate surface area is 119 Å². The number of amides is 1. The van der Waals surface area contributed by atoms with E-state index in [9.17, 15) is 9.59 Å². The number of carbonyl (C=O) groups is 2. The molecular formula is C16H21NO3. The first-order valence-electron chi connectivity index (χ1n) is 7.06. The van der Waals surface area contributed by atoms with Crippen molar-refractivity contribution in [1.82, 2.24) is 4.90 Å². The SMILES string of the molecule is CC(C)N(CCC(=O)O)C(=O)C1(c2ccccc2)CC1. The van der Waals surface area contributed by atoms with Gasteiger partial charge in [0.25, 0.3) is 0 Å². The van der Waals surface area contributed by atoms with Gasteiger partial charge in [0.15, 0.2) is 0 Å². The summed E-state index contributed by atoms with van der Waals surface area (Å²) in [6.45, 7) is 4.14. The molecule has 1 N–H and O–H groups in total. The average molecular weight is 275 g/mol. The number of nitrogens with zero attached hydrogens (tertiary/aromatic N) is 1. The van der Waals surface area contributed by atoms with Crippen molar-refractivity contribution in [3.8, 4) is 0 Å². The second-order valence-electron chi connectivity index (χ2n) is 5.68. The molecule has 1 aromatic carbocycles. The molecule has 0 radical (unpaired) electrons. The fraction of sp³-hybridized carbons (Fsp3) is 0.500. The van der Waals surface area contributed by atoms with E-state index in [-0.39, 0.29) is 24.9 Å². The largest absolute Gasteiger partial charge is 0.481 e. The summed E-state index contributed by atoms with van der Waals surface area (Å²) in [6.07, 6.45) is 1.70. The summed E-state index contributed by atoms with van der Waals surface area (Å²) in [6, 6.07) is 9.82. The Morgan fingerprint density at radius 2 is 1.85 bits per heavy atom. The standard InChI is InChI=1S/C16H21NO3/c1-12(2)17(11-8-14(18)19)15(20)16(9-10-16)13-6-4-3-5-7-13/h3-7,12H,8-11H2,1-2H3,(H,18,19). The molecule has 0 atom stereocenters. The van der Waals surface area contributed by atoms with E-state index in [1.54, 1.807) is 4.90 Å². The summed E-state index contributed by atoms with van der Waals surface area (Å²) in [5, 5.41) is 8.82. The Morgan fingerprint density at radius 3 is 2.30 bits per heavy atom. The maximum atomic E-state index is 12.8. The van der Waals surface area contributed by atoms with Crippen molar-refractivity contribution < 1.29 is 14.7 Å². The van der Waals surface area contributed by atoms with Crippen LogP contribution in [0.3, 0.4) is 0 Å². The molecule has 1 aliphatic carbocycles. The van der Waals surface area contributed by atoms with E-state index >= 15 is 0 Å². The molecule has 1 aromatic rings. The van der Waals surface area contributed by atoms with E-state index in [0.717, 1.165) is 18.4 Å². The molecule has 4 nitrogen and oxygen atoms in total. The van der Waals surface area contributed by atoms with Gasteiger partial charge >= 0.3 is 5.97 Å². The molecule has 1 fully saturated rings. The molecule has 4 heteroatoms. The highest BCUT2D eigenvalue weighted by molar-refractivity contribution is 5.91. The van der Waals surface area contributed by atoms with E-state index in [0.29, 0.717) is 0 Å². The number of carbonyl (C=O) groups excluding carboxylic acids is 1. The minimum absolute atomic E-state index is 0.00517. The van der Waals surface area contributed by atoms with Crippen molar-refractivity contribution in [2.75, 3.05) is 6.54 Å². The lowest BCUT2D eigenvalue weighted by molar-refractivity contribution is -0.140. The Balaban J connectivity index is 2.17. The smallest absolute Gasteiger partial charge is 0.305 e. The van der Waals surface area contributed by atoms with Crippen molar-refractivity contribution in [3.63, 3.8) is 0 Å². The Morgan fingerprint density at radius 1 is 1.25 bits per heavy atom.